The molecule has 416 valence electrons. The van der Waals surface area contributed by atoms with E-state index in [1.54, 1.807) is 0 Å². The van der Waals surface area contributed by atoms with Crippen molar-refractivity contribution >= 4 is 34.6 Å². The topological polar surface area (TPSA) is 186 Å². The lowest BCUT2D eigenvalue weighted by atomic mass is 9.85. The van der Waals surface area contributed by atoms with Gasteiger partial charge in [-0.2, -0.15) is 26.3 Å². The van der Waals surface area contributed by atoms with Gasteiger partial charge in [0.25, 0.3) is 0 Å². The number of halogens is 6. The maximum absolute atomic E-state index is 12.9. The zero-order chi connectivity index (χ0) is 56.5. The fraction of sp³-hybridized carbons (Fsp3) is 0.393. The van der Waals surface area contributed by atoms with Gasteiger partial charge in [-0.05, 0) is 164 Å². The van der Waals surface area contributed by atoms with Gasteiger partial charge in [-0.25, -0.2) is 4.79 Å². The Morgan fingerprint density at radius 3 is 1.46 bits per heavy atom. The molecule has 0 saturated heterocycles. The van der Waals surface area contributed by atoms with E-state index < -0.39 is 35.0 Å². The van der Waals surface area contributed by atoms with E-state index in [4.69, 9.17) is 25.1 Å². The second-order valence-corrected chi connectivity index (χ2v) is 21.0. The van der Waals surface area contributed by atoms with Gasteiger partial charge in [0.1, 0.15) is 17.1 Å². The van der Waals surface area contributed by atoms with Crippen LogP contribution in [0.15, 0.2) is 103 Å². The van der Waals surface area contributed by atoms with Crippen LogP contribution in [0.5, 0.6) is 11.5 Å². The third-order valence-electron chi connectivity index (χ3n) is 13.9. The first-order chi connectivity index (χ1) is 36.8. The van der Waals surface area contributed by atoms with Gasteiger partial charge in [-0.1, -0.05) is 60.7 Å². The number of ketones is 1. The number of alkyl halides is 6. The summed E-state index contributed by atoms with van der Waals surface area (Å²) < 4.78 is 92.2. The van der Waals surface area contributed by atoms with Gasteiger partial charge in [-0.15, -0.1) is 0 Å². The zero-order valence-corrected chi connectivity index (χ0v) is 43.7. The van der Waals surface area contributed by atoms with E-state index in [0.29, 0.717) is 48.0 Å². The molecule has 0 radical (unpaired) electrons. The quantitative estimate of drug-likeness (QED) is 0.0472. The monoisotopic (exact) mass is 1090 g/mol. The lowest BCUT2D eigenvalue weighted by molar-refractivity contribution is -0.154. The number of aliphatic hydroxyl groups is 3. The summed E-state index contributed by atoms with van der Waals surface area (Å²) in [5.41, 5.74) is 15.6. The number of allylic oxidation sites excluding steroid dienone is 1. The molecule has 2 heterocycles. The number of benzene rings is 5. The molecule has 0 saturated carbocycles. The number of hydrogen-bond acceptors (Lipinski definition) is 10. The predicted molar refractivity (Wildman–Crippen MR) is 283 cm³/mol. The molecule has 11 nitrogen and oxygen atoms in total. The second kappa shape index (κ2) is 25.2. The van der Waals surface area contributed by atoms with Gasteiger partial charge >= 0.3 is 24.3 Å². The first-order valence-electron chi connectivity index (χ1n) is 26.0. The Bertz CT molecular complexity index is 3050. The number of esters is 1. The van der Waals surface area contributed by atoms with Crippen LogP contribution >= 0.6 is 0 Å². The summed E-state index contributed by atoms with van der Waals surface area (Å²) in [4.78, 5) is 35.2. The highest BCUT2D eigenvalue weighted by Crippen LogP contribution is 2.40. The number of carbonyl (C=O) groups is 3. The highest BCUT2D eigenvalue weighted by Gasteiger charge is 2.34. The standard InChI is InChI=1S/C23H21F3O3.C16H22O3.C12H9F3O3.C10H13NO/c24-23(25,26)17-5-7-20-16(8-9-29-22(20)12-17)11-19(28)10-15-3-1-2-14-4-6-18(27)13-21(14)15;1-16(2,3)19-15(18)9-12-6-4-5-11-7-8-13(17)10-14(11)12;13-12(14,15)8-1-2-9-7(5-11(16)17)3-4-18-10(9)6-8;11-10-3-1-2-7-4-5-8(12)6-9(7)10/h1-3,5,7,11-12,18,27H,4,6,8-10,13H2;4-6,13,17H,7-10H2,1-3H3;1-2,5-6H,3-4H2,(H,16,17);1-3,8,12H,4-6,11H2/b16-11+;;7-5+;/t18-;13-;;8-/m11.1/s1. The largest absolute Gasteiger partial charge is 0.493 e. The van der Waals surface area contributed by atoms with Gasteiger partial charge in [0.15, 0.2) is 5.78 Å². The van der Waals surface area contributed by atoms with Crippen molar-refractivity contribution in [2.75, 3.05) is 18.9 Å². The number of anilines is 1. The Balaban J connectivity index is 0.000000158. The normalized spacial score (nSPS) is 19.4. The Labute approximate surface area is 449 Å². The number of carbonyl (C=O) groups excluding carboxylic acids is 2. The van der Waals surface area contributed by atoms with E-state index in [9.17, 15) is 56.0 Å². The van der Waals surface area contributed by atoms with Crippen molar-refractivity contribution in [2.24, 2.45) is 0 Å². The summed E-state index contributed by atoms with van der Waals surface area (Å²) in [5.74, 6) is -1.21. The summed E-state index contributed by atoms with van der Waals surface area (Å²) in [7, 11) is 0. The van der Waals surface area contributed by atoms with E-state index in [1.165, 1.54) is 34.9 Å². The molecule has 0 amide bonds. The molecular weight excluding hydrogens is 1020 g/mol. The maximum atomic E-state index is 12.9. The van der Waals surface area contributed by atoms with Gasteiger partial charge in [-0.3, -0.25) is 9.59 Å². The number of carboxylic acid groups (broad SMARTS) is 1. The number of rotatable bonds is 6. The SMILES string of the molecule is CC(C)(C)OC(=O)Cc1cccc2c1C[C@H](O)CC2.Nc1cccc2c1C[C@H](O)CC2.O=C(/C=C1\CCOc2cc(C(F)(F)F)ccc21)Cc1cccc2c1C[C@H](O)CC2.O=C(O)/C=C1\CCOc2cc(C(F)(F)F)ccc21. The molecule has 6 N–H and O–H groups in total. The maximum Gasteiger partial charge on any atom is 0.416 e. The highest BCUT2D eigenvalue weighted by molar-refractivity contribution is 5.99. The Hall–Kier alpha value is -6.95. The fourth-order valence-electron chi connectivity index (χ4n) is 10.2. The van der Waals surface area contributed by atoms with Crippen LogP contribution in [0.25, 0.3) is 11.1 Å². The molecular formula is C61H65F6NO10. The molecule has 0 bridgehead atoms. The summed E-state index contributed by atoms with van der Waals surface area (Å²) in [6, 6.07) is 24.3. The van der Waals surface area contributed by atoms with Crippen LogP contribution in [-0.2, 0) is 82.8 Å². The van der Waals surface area contributed by atoms with Crippen molar-refractivity contribution in [3.05, 3.63) is 170 Å². The summed E-state index contributed by atoms with van der Waals surface area (Å²) in [6.45, 7) is 6.02. The van der Waals surface area contributed by atoms with Crippen molar-refractivity contribution in [3.63, 3.8) is 0 Å². The molecule has 0 spiro atoms. The van der Waals surface area contributed by atoms with Gasteiger partial charge in [0.2, 0.25) is 0 Å². The second-order valence-electron chi connectivity index (χ2n) is 21.0. The Kier molecular flexibility index (Phi) is 19.0. The summed E-state index contributed by atoms with van der Waals surface area (Å²) >= 11 is 0. The van der Waals surface area contributed by atoms with E-state index in [-0.39, 0.29) is 67.6 Å². The van der Waals surface area contributed by atoms with Crippen LogP contribution in [-0.4, -0.2) is 75.3 Å². The molecule has 3 aliphatic carbocycles. The number of fused-ring (bicyclic) bond motifs is 5. The fourth-order valence-corrected chi connectivity index (χ4v) is 10.2. The average Bonchev–Trinajstić information content (AvgIpc) is 3.38. The third kappa shape index (κ3) is 16.1. The Morgan fingerprint density at radius 1 is 0.590 bits per heavy atom. The average molecular weight is 1090 g/mol. The smallest absolute Gasteiger partial charge is 0.416 e. The molecule has 2 aliphatic heterocycles. The van der Waals surface area contributed by atoms with Crippen molar-refractivity contribution in [1.29, 1.82) is 0 Å². The number of aliphatic hydroxyl groups excluding tert-OH is 3. The zero-order valence-electron chi connectivity index (χ0n) is 43.7. The molecule has 5 aliphatic rings. The highest BCUT2D eigenvalue weighted by atomic mass is 19.4. The van der Waals surface area contributed by atoms with Gasteiger partial charge < -0.3 is 40.4 Å². The molecule has 17 heteroatoms. The minimum Gasteiger partial charge on any atom is -0.493 e. The minimum absolute atomic E-state index is 0.0728. The molecule has 5 aromatic rings. The van der Waals surface area contributed by atoms with Crippen LogP contribution in [0.2, 0.25) is 0 Å². The number of aryl methyl sites for hydroxylation is 3. The molecule has 5 aromatic carbocycles. The number of hydrogen-bond donors (Lipinski definition) is 5. The van der Waals surface area contributed by atoms with Gasteiger partial charge in [0, 0.05) is 48.6 Å². The molecule has 0 unspecified atom stereocenters. The molecule has 78 heavy (non-hydrogen) atoms. The lowest BCUT2D eigenvalue weighted by Gasteiger charge is -2.24. The van der Waals surface area contributed by atoms with Crippen LogP contribution in [0.1, 0.15) is 120 Å². The number of aliphatic carboxylic acids is 1. The molecule has 3 atom stereocenters. The first kappa shape index (κ1) is 58.7. The molecule has 10 rings (SSSR count). The Morgan fingerprint density at radius 2 is 1.01 bits per heavy atom. The molecule has 0 fully saturated rings. The van der Waals surface area contributed by atoms with Crippen molar-refractivity contribution in [1.82, 2.24) is 0 Å². The van der Waals surface area contributed by atoms with Crippen LogP contribution in [0.4, 0.5) is 32.0 Å². The van der Waals surface area contributed by atoms with Crippen molar-refractivity contribution in [3.8, 4) is 11.5 Å². The number of nitrogens with two attached hydrogens (primary N) is 1. The third-order valence-corrected chi connectivity index (χ3v) is 13.9. The summed E-state index contributed by atoms with van der Waals surface area (Å²) in [5, 5.41) is 37.9. The van der Waals surface area contributed by atoms with E-state index in [2.05, 4.69) is 12.1 Å². The van der Waals surface area contributed by atoms with Crippen LogP contribution in [0, 0.1) is 0 Å². The van der Waals surface area contributed by atoms with Crippen LogP contribution < -0.4 is 15.2 Å². The number of carboxylic acids is 1. The number of nitrogen functional groups attached to an aromatic ring is 1. The predicted octanol–water partition coefficient (Wildman–Crippen LogP) is 11.0. The van der Waals surface area contributed by atoms with Gasteiger partial charge in [0.05, 0.1) is 49.1 Å². The van der Waals surface area contributed by atoms with Crippen LogP contribution in [0.3, 0.4) is 0 Å². The first-order valence-corrected chi connectivity index (χ1v) is 26.0. The summed E-state index contributed by atoms with van der Waals surface area (Å²) in [6.07, 6.45) is 1.07. The van der Waals surface area contributed by atoms with Crippen molar-refractivity contribution in [2.45, 2.75) is 141 Å². The minimum atomic E-state index is -4.44. The van der Waals surface area contributed by atoms with E-state index in [0.717, 1.165) is 109 Å². The van der Waals surface area contributed by atoms with Crippen molar-refractivity contribution < 1.29 is 75.4 Å². The lowest BCUT2D eigenvalue weighted by Crippen LogP contribution is -2.26. The number of ether oxygens (including phenoxy) is 3. The van der Waals surface area contributed by atoms with E-state index >= 15 is 0 Å². The van der Waals surface area contributed by atoms with E-state index in [1.807, 2.05) is 63.2 Å². The molecule has 0 aromatic heterocycles.